The summed E-state index contributed by atoms with van der Waals surface area (Å²) in [7, 11) is 1.35. The number of ether oxygens (including phenoxy) is 1. The van der Waals surface area contributed by atoms with Crippen LogP contribution in [-0.4, -0.2) is 34.6 Å². The standard InChI is InChI=1S/C12H14N4O2/c1-18-12(17)9-3-2-5-15-11(9)16-6-4-10-13-7-8-14-10/h2-3,5,7-8H,4,6H2,1H3,(H,13,14)(H,15,16). The normalized spacial score (nSPS) is 10.1. The van der Waals surface area contributed by atoms with E-state index in [9.17, 15) is 4.79 Å². The molecule has 0 aliphatic rings. The van der Waals surface area contributed by atoms with Crippen molar-refractivity contribution in [1.29, 1.82) is 0 Å². The Bertz CT molecular complexity index is 511. The van der Waals surface area contributed by atoms with Crippen LogP contribution in [0.1, 0.15) is 16.2 Å². The number of nitrogens with one attached hydrogen (secondary N) is 2. The molecule has 0 radical (unpaired) electrons. The van der Waals surface area contributed by atoms with Gasteiger partial charge in [-0.05, 0) is 12.1 Å². The van der Waals surface area contributed by atoms with E-state index in [0.717, 1.165) is 12.2 Å². The van der Waals surface area contributed by atoms with Crippen molar-refractivity contribution < 1.29 is 9.53 Å². The predicted molar refractivity (Wildman–Crippen MR) is 66.4 cm³/mol. The van der Waals surface area contributed by atoms with Crippen molar-refractivity contribution in [3.05, 3.63) is 42.1 Å². The molecule has 0 saturated carbocycles. The molecule has 0 atom stereocenters. The van der Waals surface area contributed by atoms with Crippen LogP contribution in [0.25, 0.3) is 0 Å². The third-order valence-corrected chi connectivity index (χ3v) is 2.42. The smallest absolute Gasteiger partial charge is 0.341 e. The SMILES string of the molecule is COC(=O)c1cccnc1NCCc1ncc[nH]1. The second kappa shape index (κ2) is 5.81. The highest BCUT2D eigenvalue weighted by atomic mass is 16.5. The van der Waals surface area contributed by atoms with Crippen LogP contribution in [-0.2, 0) is 11.2 Å². The van der Waals surface area contributed by atoms with E-state index in [2.05, 4.69) is 20.3 Å². The van der Waals surface area contributed by atoms with E-state index in [1.807, 2.05) is 0 Å². The Morgan fingerprint density at radius 3 is 3.06 bits per heavy atom. The fourth-order valence-electron chi connectivity index (χ4n) is 1.55. The van der Waals surface area contributed by atoms with Crippen LogP contribution < -0.4 is 5.32 Å². The van der Waals surface area contributed by atoms with Gasteiger partial charge in [0.25, 0.3) is 0 Å². The molecular weight excluding hydrogens is 232 g/mol. The zero-order valence-corrected chi connectivity index (χ0v) is 10.0. The molecule has 2 aromatic rings. The summed E-state index contributed by atoms with van der Waals surface area (Å²) in [6.07, 6.45) is 5.83. The van der Waals surface area contributed by atoms with Gasteiger partial charge in [-0.25, -0.2) is 14.8 Å². The number of methoxy groups -OCH3 is 1. The number of imidazole rings is 1. The topological polar surface area (TPSA) is 79.9 Å². The number of esters is 1. The van der Waals surface area contributed by atoms with Gasteiger partial charge >= 0.3 is 5.97 Å². The van der Waals surface area contributed by atoms with Crippen LogP contribution in [0.15, 0.2) is 30.7 Å². The summed E-state index contributed by atoms with van der Waals surface area (Å²) in [5, 5.41) is 3.09. The lowest BCUT2D eigenvalue weighted by Gasteiger charge is -2.08. The molecule has 0 spiro atoms. The first kappa shape index (κ1) is 12.1. The Morgan fingerprint density at radius 1 is 1.44 bits per heavy atom. The molecule has 0 unspecified atom stereocenters. The number of nitrogens with zero attached hydrogens (tertiary/aromatic N) is 2. The van der Waals surface area contributed by atoms with Crippen LogP contribution in [0.2, 0.25) is 0 Å². The first-order valence-electron chi connectivity index (χ1n) is 5.56. The Kier molecular flexibility index (Phi) is 3.90. The molecule has 2 rings (SSSR count). The number of carbonyl (C=O) groups is 1. The Labute approximate surface area is 104 Å². The molecule has 94 valence electrons. The molecule has 6 nitrogen and oxygen atoms in total. The van der Waals surface area contributed by atoms with Crippen molar-refractivity contribution in [2.24, 2.45) is 0 Å². The van der Waals surface area contributed by atoms with Gasteiger partial charge in [-0.1, -0.05) is 0 Å². The molecular formula is C12H14N4O2. The summed E-state index contributed by atoms with van der Waals surface area (Å²) in [5.41, 5.74) is 0.430. The Hall–Kier alpha value is -2.37. The summed E-state index contributed by atoms with van der Waals surface area (Å²) in [6, 6.07) is 3.37. The number of carbonyl (C=O) groups excluding carboxylic acids is 1. The molecule has 0 fully saturated rings. The molecule has 0 bridgehead atoms. The van der Waals surface area contributed by atoms with Crippen molar-refractivity contribution in [1.82, 2.24) is 15.0 Å². The number of hydrogen-bond donors (Lipinski definition) is 2. The van der Waals surface area contributed by atoms with Gasteiger partial charge in [-0.2, -0.15) is 0 Å². The van der Waals surface area contributed by atoms with E-state index in [1.165, 1.54) is 7.11 Å². The van der Waals surface area contributed by atoms with Crippen LogP contribution in [0.3, 0.4) is 0 Å². The van der Waals surface area contributed by atoms with Gasteiger partial charge in [0.1, 0.15) is 17.2 Å². The average molecular weight is 246 g/mol. The van der Waals surface area contributed by atoms with Gasteiger partial charge in [0.2, 0.25) is 0 Å². The van der Waals surface area contributed by atoms with E-state index < -0.39 is 5.97 Å². The van der Waals surface area contributed by atoms with Gasteiger partial charge in [0, 0.05) is 31.6 Å². The van der Waals surface area contributed by atoms with Crippen molar-refractivity contribution in [3.8, 4) is 0 Å². The Balaban J connectivity index is 1.98. The highest BCUT2D eigenvalue weighted by Gasteiger charge is 2.11. The summed E-state index contributed by atoms with van der Waals surface area (Å²) < 4.78 is 4.69. The highest BCUT2D eigenvalue weighted by molar-refractivity contribution is 5.94. The van der Waals surface area contributed by atoms with Crippen LogP contribution in [0, 0.1) is 0 Å². The zero-order valence-electron chi connectivity index (χ0n) is 10.0. The van der Waals surface area contributed by atoms with Crippen molar-refractivity contribution in [2.45, 2.75) is 6.42 Å². The third-order valence-electron chi connectivity index (χ3n) is 2.42. The number of aromatic amines is 1. The summed E-state index contributed by atoms with van der Waals surface area (Å²) in [6.45, 7) is 0.633. The highest BCUT2D eigenvalue weighted by Crippen LogP contribution is 2.12. The second-order valence-electron chi connectivity index (χ2n) is 3.60. The maximum atomic E-state index is 11.5. The minimum absolute atomic E-state index is 0.399. The first-order valence-corrected chi connectivity index (χ1v) is 5.56. The predicted octanol–water partition coefficient (Wildman–Crippen LogP) is 1.25. The van der Waals surface area contributed by atoms with Gasteiger partial charge in [-0.15, -0.1) is 0 Å². The van der Waals surface area contributed by atoms with Gasteiger partial charge in [0.05, 0.1) is 7.11 Å². The fourth-order valence-corrected chi connectivity index (χ4v) is 1.55. The molecule has 6 heteroatoms. The number of hydrogen-bond acceptors (Lipinski definition) is 5. The van der Waals surface area contributed by atoms with Crippen LogP contribution >= 0.6 is 0 Å². The zero-order chi connectivity index (χ0) is 12.8. The lowest BCUT2D eigenvalue weighted by Crippen LogP contribution is -2.12. The minimum atomic E-state index is -0.399. The van der Waals surface area contributed by atoms with Crippen molar-refractivity contribution in [2.75, 3.05) is 19.0 Å². The quantitative estimate of drug-likeness (QED) is 0.776. The molecule has 0 aliphatic heterocycles. The molecule has 18 heavy (non-hydrogen) atoms. The molecule has 2 heterocycles. The summed E-state index contributed by atoms with van der Waals surface area (Å²) >= 11 is 0. The van der Waals surface area contributed by atoms with E-state index in [-0.39, 0.29) is 0 Å². The molecule has 0 saturated heterocycles. The lowest BCUT2D eigenvalue weighted by molar-refractivity contribution is 0.0601. The van der Waals surface area contributed by atoms with E-state index >= 15 is 0 Å². The number of rotatable bonds is 5. The Morgan fingerprint density at radius 2 is 2.33 bits per heavy atom. The van der Waals surface area contributed by atoms with Gasteiger partial charge in [-0.3, -0.25) is 0 Å². The molecule has 0 aliphatic carbocycles. The van der Waals surface area contributed by atoms with E-state index in [1.54, 1.807) is 30.7 Å². The fraction of sp³-hybridized carbons (Fsp3) is 0.250. The largest absolute Gasteiger partial charge is 0.465 e. The van der Waals surface area contributed by atoms with Gasteiger partial charge < -0.3 is 15.0 Å². The number of pyridine rings is 1. The molecule has 2 aromatic heterocycles. The van der Waals surface area contributed by atoms with Crippen molar-refractivity contribution >= 4 is 11.8 Å². The third kappa shape index (κ3) is 2.85. The molecule has 0 aromatic carbocycles. The minimum Gasteiger partial charge on any atom is -0.465 e. The molecule has 2 N–H and O–H groups in total. The average Bonchev–Trinajstić information content (AvgIpc) is 2.92. The monoisotopic (exact) mass is 246 g/mol. The summed E-state index contributed by atoms with van der Waals surface area (Å²) in [5.74, 6) is 1.01. The summed E-state index contributed by atoms with van der Waals surface area (Å²) in [4.78, 5) is 22.8. The first-order chi connectivity index (χ1) is 8.81. The van der Waals surface area contributed by atoms with E-state index in [0.29, 0.717) is 17.9 Å². The number of aromatic nitrogens is 3. The van der Waals surface area contributed by atoms with Crippen LogP contribution in [0.5, 0.6) is 0 Å². The lowest BCUT2D eigenvalue weighted by atomic mass is 10.2. The number of H-pyrrole nitrogens is 1. The van der Waals surface area contributed by atoms with E-state index in [4.69, 9.17) is 4.74 Å². The maximum Gasteiger partial charge on any atom is 0.341 e. The molecule has 0 amide bonds. The second-order valence-corrected chi connectivity index (χ2v) is 3.60. The number of anilines is 1. The van der Waals surface area contributed by atoms with Crippen LogP contribution in [0.4, 0.5) is 5.82 Å². The van der Waals surface area contributed by atoms with Gasteiger partial charge in [0.15, 0.2) is 0 Å². The maximum absolute atomic E-state index is 11.5. The van der Waals surface area contributed by atoms with Crippen molar-refractivity contribution in [3.63, 3.8) is 0 Å².